The molecule has 3 aliphatic rings. The Labute approximate surface area is 181 Å². The quantitative estimate of drug-likeness (QED) is 0.715. The van der Waals surface area contributed by atoms with Crippen molar-refractivity contribution in [2.24, 2.45) is 0 Å². The molecule has 31 heavy (non-hydrogen) atoms. The predicted molar refractivity (Wildman–Crippen MR) is 112 cm³/mol. The molecule has 0 saturated carbocycles. The molecule has 0 aromatic heterocycles. The number of nitrogens with one attached hydrogen (secondary N) is 1. The van der Waals surface area contributed by atoms with E-state index in [4.69, 9.17) is 4.74 Å². The Balaban J connectivity index is 1.58. The van der Waals surface area contributed by atoms with Crippen molar-refractivity contribution in [2.45, 2.75) is 70.3 Å². The van der Waals surface area contributed by atoms with E-state index < -0.39 is 18.8 Å². The number of benzene rings is 1. The first-order valence-corrected chi connectivity index (χ1v) is 11.2. The monoisotopic (exact) mass is 439 g/mol. The lowest BCUT2D eigenvalue weighted by atomic mass is 9.80. The van der Waals surface area contributed by atoms with Crippen LogP contribution in [0.3, 0.4) is 0 Å². The summed E-state index contributed by atoms with van der Waals surface area (Å²) >= 11 is 0. The molecular weight excluding hydrogens is 407 g/mol. The maximum Gasteiger partial charge on any atom is 0.416 e. The first-order chi connectivity index (χ1) is 14.5. The Hall–Kier alpha value is -1.80. The summed E-state index contributed by atoms with van der Waals surface area (Å²) < 4.78 is 44.1. The van der Waals surface area contributed by atoms with Crippen LogP contribution in [0.4, 0.5) is 18.0 Å². The number of urea groups is 1. The third-order valence-corrected chi connectivity index (χ3v) is 6.65. The van der Waals surface area contributed by atoms with E-state index in [1.165, 1.54) is 21.6 Å². The third-order valence-electron chi connectivity index (χ3n) is 6.65. The summed E-state index contributed by atoms with van der Waals surface area (Å²) in [5.41, 5.74) is 4.97. The number of carbonyl (C=O) groups excluding carboxylic acids is 1. The van der Waals surface area contributed by atoms with Gasteiger partial charge in [-0.2, -0.15) is 13.2 Å². The standard InChI is InChI=1S/C23H32F3N3O2/c1-22(2,3)16-11-15-6-8-28(13-18(15)17(12-16)19-5-4-7-27-19)21(30)29-9-10-31-20(14-29)23(24,25)26/h11-12,19-20,27H,4-10,13-14H2,1-3H3/t19-,20?/m0/s1. The zero-order valence-electron chi connectivity index (χ0n) is 18.5. The smallest absolute Gasteiger partial charge is 0.365 e. The molecular formula is C23H32F3N3O2. The lowest BCUT2D eigenvalue weighted by Crippen LogP contribution is -2.55. The van der Waals surface area contributed by atoms with Gasteiger partial charge in [0.25, 0.3) is 0 Å². The Bertz CT molecular complexity index is 829. The van der Waals surface area contributed by atoms with Gasteiger partial charge >= 0.3 is 12.2 Å². The molecule has 172 valence electrons. The number of carbonyl (C=O) groups is 1. The van der Waals surface area contributed by atoms with Crippen molar-refractivity contribution >= 4 is 6.03 Å². The average molecular weight is 440 g/mol. The van der Waals surface area contributed by atoms with Crippen LogP contribution in [0.5, 0.6) is 0 Å². The van der Waals surface area contributed by atoms with E-state index in [0.29, 0.717) is 13.1 Å². The van der Waals surface area contributed by atoms with Crippen molar-refractivity contribution in [3.05, 3.63) is 34.4 Å². The Kier molecular flexibility index (Phi) is 5.98. The summed E-state index contributed by atoms with van der Waals surface area (Å²) in [6.45, 7) is 8.21. The minimum Gasteiger partial charge on any atom is -0.365 e. The fourth-order valence-corrected chi connectivity index (χ4v) is 4.78. The van der Waals surface area contributed by atoms with Crippen LogP contribution < -0.4 is 5.32 Å². The molecule has 3 heterocycles. The van der Waals surface area contributed by atoms with Crippen LogP contribution in [0.1, 0.15) is 61.9 Å². The van der Waals surface area contributed by atoms with E-state index in [-0.39, 0.29) is 30.6 Å². The molecule has 3 aliphatic heterocycles. The first-order valence-electron chi connectivity index (χ1n) is 11.2. The molecule has 2 atom stereocenters. The van der Waals surface area contributed by atoms with Crippen molar-refractivity contribution in [3.63, 3.8) is 0 Å². The second-order valence-corrected chi connectivity index (χ2v) is 9.90. The number of hydrogen-bond acceptors (Lipinski definition) is 3. The minimum absolute atomic E-state index is 0.0236. The largest absolute Gasteiger partial charge is 0.416 e. The fourth-order valence-electron chi connectivity index (χ4n) is 4.78. The molecule has 2 amide bonds. The Morgan fingerprint density at radius 3 is 2.58 bits per heavy atom. The molecule has 1 aromatic rings. The molecule has 0 radical (unpaired) electrons. The number of alkyl halides is 3. The van der Waals surface area contributed by atoms with Crippen LogP contribution in [0, 0.1) is 0 Å². The number of fused-ring (bicyclic) bond motifs is 1. The van der Waals surface area contributed by atoms with Crippen LogP contribution in [-0.4, -0.2) is 60.9 Å². The highest BCUT2D eigenvalue weighted by Gasteiger charge is 2.45. The number of ether oxygens (including phenoxy) is 1. The van der Waals surface area contributed by atoms with Crippen molar-refractivity contribution in [2.75, 3.05) is 32.8 Å². The summed E-state index contributed by atoms with van der Waals surface area (Å²) in [6.07, 6.45) is -3.47. The van der Waals surface area contributed by atoms with E-state index in [9.17, 15) is 18.0 Å². The van der Waals surface area contributed by atoms with Gasteiger partial charge in [0, 0.05) is 25.7 Å². The first kappa shape index (κ1) is 22.4. The molecule has 1 unspecified atom stereocenters. The second kappa shape index (κ2) is 8.28. The van der Waals surface area contributed by atoms with Gasteiger partial charge in [0.05, 0.1) is 13.2 Å². The highest BCUT2D eigenvalue weighted by molar-refractivity contribution is 5.75. The van der Waals surface area contributed by atoms with Gasteiger partial charge in [0.15, 0.2) is 6.10 Å². The van der Waals surface area contributed by atoms with Crippen LogP contribution in [0.15, 0.2) is 12.1 Å². The van der Waals surface area contributed by atoms with Gasteiger partial charge < -0.3 is 19.9 Å². The van der Waals surface area contributed by atoms with Gasteiger partial charge in [-0.05, 0) is 53.5 Å². The molecule has 2 fully saturated rings. The summed E-state index contributed by atoms with van der Waals surface area (Å²) in [4.78, 5) is 16.1. The summed E-state index contributed by atoms with van der Waals surface area (Å²) in [6, 6.07) is 4.46. The van der Waals surface area contributed by atoms with Crippen LogP contribution in [0.25, 0.3) is 0 Å². The normalized spacial score (nSPS) is 25.0. The maximum atomic E-state index is 13.1. The van der Waals surface area contributed by atoms with Crippen LogP contribution in [-0.2, 0) is 23.1 Å². The zero-order valence-corrected chi connectivity index (χ0v) is 18.5. The van der Waals surface area contributed by atoms with E-state index >= 15 is 0 Å². The molecule has 4 rings (SSSR count). The summed E-state index contributed by atoms with van der Waals surface area (Å²) in [5, 5.41) is 3.58. The molecule has 8 heteroatoms. The number of morpholine rings is 1. The maximum absolute atomic E-state index is 13.1. The van der Waals surface area contributed by atoms with Crippen molar-refractivity contribution in [1.82, 2.24) is 15.1 Å². The number of nitrogens with zero attached hydrogens (tertiary/aromatic N) is 2. The topological polar surface area (TPSA) is 44.8 Å². The Morgan fingerprint density at radius 1 is 1.16 bits per heavy atom. The lowest BCUT2D eigenvalue weighted by Gasteiger charge is -2.39. The van der Waals surface area contributed by atoms with Crippen LogP contribution >= 0.6 is 0 Å². The van der Waals surface area contributed by atoms with E-state index in [0.717, 1.165) is 31.4 Å². The molecule has 5 nitrogen and oxygen atoms in total. The highest BCUT2D eigenvalue weighted by atomic mass is 19.4. The molecule has 2 saturated heterocycles. The van der Waals surface area contributed by atoms with E-state index in [1.54, 1.807) is 4.90 Å². The molecule has 0 bridgehead atoms. The van der Waals surface area contributed by atoms with Gasteiger partial charge in [-0.25, -0.2) is 4.79 Å². The number of amides is 2. The lowest BCUT2D eigenvalue weighted by molar-refractivity contribution is -0.234. The number of hydrogen-bond donors (Lipinski definition) is 1. The Morgan fingerprint density at radius 2 is 1.94 bits per heavy atom. The van der Waals surface area contributed by atoms with Crippen molar-refractivity contribution in [3.8, 4) is 0 Å². The third kappa shape index (κ3) is 4.70. The highest BCUT2D eigenvalue weighted by Crippen LogP contribution is 2.36. The second-order valence-electron chi connectivity index (χ2n) is 9.90. The number of rotatable bonds is 1. The van der Waals surface area contributed by atoms with Gasteiger partial charge in [0.2, 0.25) is 0 Å². The van der Waals surface area contributed by atoms with Gasteiger partial charge in [-0.15, -0.1) is 0 Å². The summed E-state index contributed by atoms with van der Waals surface area (Å²) in [7, 11) is 0. The molecule has 0 spiro atoms. The van der Waals surface area contributed by atoms with Gasteiger partial charge in [-0.3, -0.25) is 0 Å². The van der Waals surface area contributed by atoms with E-state index in [1.807, 2.05) is 0 Å². The fraction of sp³-hybridized carbons (Fsp3) is 0.696. The van der Waals surface area contributed by atoms with Gasteiger partial charge in [0.1, 0.15) is 0 Å². The van der Waals surface area contributed by atoms with E-state index in [2.05, 4.69) is 38.2 Å². The molecule has 1 aromatic carbocycles. The van der Waals surface area contributed by atoms with Crippen LogP contribution in [0.2, 0.25) is 0 Å². The molecule has 1 N–H and O–H groups in total. The average Bonchev–Trinajstić information content (AvgIpc) is 3.25. The summed E-state index contributed by atoms with van der Waals surface area (Å²) in [5.74, 6) is 0. The molecule has 0 aliphatic carbocycles. The van der Waals surface area contributed by atoms with Gasteiger partial charge in [-0.1, -0.05) is 32.9 Å². The predicted octanol–water partition coefficient (Wildman–Crippen LogP) is 4.15. The SMILES string of the molecule is CC(C)(C)c1cc2c(c([C@@H]3CCCN3)c1)CN(C(=O)N1CCOC(C(F)(F)F)C1)CC2. The zero-order chi connectivity index (χ0) is 22.4. The van der Waals surface area contributed by atoms with Crippen molar-refractivity contribution < 1.29 is 22.7 Å². The minimum atomic E-state index is -4.46. The number of halogens is 3. The van der Waals surface area contributed by atoms with Crippen molar-refractivity contribution in [1.29, 1.82) is 0 Å².